The molecule has 0 saturated heterocycles. The van der Waals surface area contributed by atoms with E-state index >= 15 is 0 Å². The third-order valence-corrected chi connectivity index (χ3v) is 2.37. The Morgan fingerprint density at radius 2 is 1.62 bits per heavy atom. The molecule has 16 heavy (non-hydrogen) atoms. The minimum atomic E-state index is -0.180. The summed E-state index contributed by atoms with van der Waals surface area (Å²) in [5.41, 5.74) is 0. The van der Waals surface area contributed by atoms with E-state index in [1.165, 1.54) is 0 Å². The van der Waals surface area contributed by atoms with E-state index in [9.17, 15) is 4.79 Å². The van der Waals surface area contributed by atoms with Crippen molar-refractivity contribution >= 4 is 29.5 Å². The second kappa shape index (κ2) is 13.2. The summed E-state index contributed by atoms with van der Waals surface area (Å²) in [4.78, 5) is 11.2. The number of carbonyl (C=O) groups excluding carboxylic acids is 1. The molecule has 0 aromatic heterocycles. The summed E-state index contributed by atoms with van der Waals surface area (Å²) in [6.07, 6.45) is 5.06. The highest BCUT2D eigenvalue weighted by molar-refractivity contribution is 7.98. The van der Waals surface area contributed by atoms with Crippen LogP contribution in [0.5, 0.6) is 0 Å². The van der Waals surface area contributed by atoms with Gasteiger partial charge in [0.25, 0.3) is 0 Å². The minimum absolute atomic E-state index is 0.180. The molecule has 0 aromatic rings. The molecule has 6 heteroatoms. The average Bonchev–Trinajstić information content (AvgIpc) is 2.28. The maximum atomic E-state index is 11.2. The Labute approximate surface area is 106 Å². The first-order chi connectivity index (χ1) is 7.81. The van der Waals surface area contributed by atoms with Crippen molar-refractivity contribution in [1.29, 1.82) is 0 Å². The van der Waals surface area contributed by atoms with Gasteiger partial charge in [-0.1, -0.05) is 0 Å². The van der Waals surface area contributed by atoms with Crippen LogP contribution in [-0.2, 0) is 19.0 Å². The summed E-state index contributed by atoms with van der Waals surface area (Å²) < 4.78 is 15.3. The largest absolute Gasteiger partial charge is 0.463 e. The lowest BCUT2D eigenvalue weighted by Gasteiger charge is -2.05. The predicted molar refractivity (Wildman–Crippen MR) is 68.9 cm³/mol. The van der Waals surface area contributed by atoms with E-state index in [2.05, 4.69) is 0 Å². The van der Waals surface area contributed by atoms with Crippen LogP contribution in [0.4, 0.5) is 0 Å². The first kappa shape index (κ1) is 16.1. The van der Waals surface area contributed by atoms with Gasteiger partial charge in [0.15, 0.2) is 0 Å². The van der Waals surface area contributed by atoms with Crippen LogP contribution in [0.25, 0.3) is 0 Å². The van der Waals surface area contributed by atoms with E-state index in [-0.39, 0.29) is 5.97 Å². The molecule has 0 aliphatic rings. The van der Waals surface area contributed by atoms with Crippen LogP contribution in [0.3, 0.4) is 0 Å². The number of ether oxygens (including phenoxy) is 3. The van der Waals surface area contributed by atoms with E-state index in [0.29, 0.717) is 44.5 Å². The summed E-state index contributed by atoms with van der Waals surface area (Å²) in [5.74, 6) is 1.14. The Bertz CT molecular complexity index is 151. The van der Waals surface area contributed by atoms with E-state index in [0.717, 1.165) is 0 Å². The Morgan fingerprint density at radius 1 is 1.00 bits per heavy atom. The van der Waals surface area contributed by atoms with Gasteiger partial charge in [-0.25, -0.2) is 0 Å². The highest BCUT2D eigenvalue weighted by atomic mass is 32.2. The second-order valence-electron chi connectivity index (χ2n) is 2.95. The fourth-order valence-corrected chi connectivity index (χ4v) is 1.46. The monoisotopic (exact) mass is 268 g/mol. The number of thioether (sulfide) groups is 2. The van der Waals surface area contributed by atoms with Crippen molar-refractivity contribution in [2.75, 3.05) is 44.2 Å². The van der Waals surface area contributed by atoms with Gasteiger partial charge in [-0.05, 0) is 18.9 Å². The molecule has 0 fully saturated rings. The molecule has 4 nitrogen and oxygen atoms in total. The second-order valence-corrected chi connectivity index (χ2v) is 4.58. The molecule has 0 aliphatic heterocycles. The standard InChI is InChI=1S/C10H20O4S2/c1-15-8-12-5-3-4-10(11)14-7-6-13-9-16-2/h3-9H2,1-2H3. The highest BCUT2D eigenvalue weighted by Crippen LogP contribution is 1.98. The molecule has 0 N–H and O–H groups in total. The lowest BCUT2D eigenvalue weighted by Crippen LogP contribution is -2.11. The van der Waals surface area contributed by atoms with Crippen molar-refractivity contribution in [2.45, 2.75) is 12.8 Å². The van der Waals surface area contributed by atoms with Crippen LogP contribution >= 0.6 is 23.5 Å². The molecular formula is C10H20O4S2. The van der Waals surface area contributed by atoms with E-state index in [1.54, 1.807) is 23.5 Å². The van der Waals surface area contributed by atoms with Crippen LogP contribution in [-0.4, -0.2) is 50.2 Å². The van der Waals surface area contributed by atoms with Crippen molar-refractivity contribution in [3.8, 4) is 0 Å². The third kappa shape index (κ3) is 12.2. The minimum Gasteiger partial charge on any atom is -0.463 e. The lowest BCUT2D eigenvalue weighted by molar-refractivity contribution is -0.145. The van der Waals surface area contributed by atoms with Gasteiger partial charge in [0.05, 0.1) is 18.5 Å². The van der Waals surface area contributed by atoms with Crippen LogP contribution in [0.15, 0.2) is 0 Å². The van der Waals surface area contributed by atoms with E-state index in [1.807, 2.05) is 12.5 Å². The Hall–Kier alpha value is 0.0900. The Kier molecular flexibility index (Phi) is 13.2. The van der Waals surface area contributed by atoms with E-state index < -0.39 is 0 Å². The zero-order chi connectivity index (χ0) is 12.1. The van der Waals surface area contributed by atoms with Crippen LogP contribution in [0.2, 0.25) is 0 Å². The summed E-state index contributed by atoms with van der Waals surface area (Å²) in [6.45, 7) is 1.42. The number of hydrogen-bond donors (Lipinski definition) is 0. The molecule has 0 amide bonds. The zero-order valence-corrected chi connectivity index (χ0v) is 11.5. The van der Waals surface area contributed by atoms with Crippen LogP contribution in [0, 0.1) is 0 Å². The highest BCUT2D eigenvalue weighted by Gasteiger charge is 2.02. The summed E-state index contributed by atoms with van der Waals surface area (Å²) in [6, 6.07) is 0. The molecule has 0 atom stereocenters. The summed E-state index contributed by atoms with van der Waals surface area (Å²) in [5, 5.41) is 0. The SMILES string of the molecule is CSCOCCCC(=O)OCCOCSC. The molecular weight excluding hydrogens is 248 g/mol. The molecule has 0 saturated carbocycles. The zero-order valence-electron chi connectivity index (χ0n) is 9.90. The maximum Gasteiger partial charge on any atom is 0.305 e. The molecule has 0 spiro atoms. The van der Waals surface area contributed by atoms with Crippen molar-refractivity contribution < 1.29 is 19.0 Å². The van der Waals surface area contributed by atoms with Gasteiger partial charge in [-0.3, -0.25) is 4.79 Å². The first-order valence-electron chi connectivity index (χ1n) is 5.10. The normalized spacial score (nSPS) is 10.4. The van der Waals surface area contributed by atoms with Gasteiger partial charge >= 0.3 is 5.97 Å². The van der Waals surface area contributed by atoms with Gasteiger partial charge in [0.2, 0.25) is 0 Å². The first-order valence-corrected chi connectivity index (χ1v) is 7.89. The molecule has 0 heterocycles. The van der Waals surface area contributed by atoms with Crippen LogP contribution in [0.1, 0.15) is 12.8 Å². The smallest absolute Gasteiger partial charge is 0.305 e. The summed E-state index contributed by atoms with van der Waals surface area (Å²) >= 11 is 3.23. The molecule has 96 valence electrons. The third-order valence-electron chi connectivity index (χ3n) is 1.56. The predicted octanol–water partition coefficient (Wildman–Crippen LogP) is 1.98. The fourth-order valence-electron chi connectivity index (χ4n) is 0.890. The van der Waals surface area contributed by atoms with Crippen molar-refractivity contribution in [1.82, 2.24) is 0 Å². The molecule has 0 aromatic carbocycles. The van der Waals surface area contributed by atoms with Crippen molar-refractivity contribution in [3.05, 3.63) is 0 Å². The molecule has 0 bridgehead atoms. The number of hydrogen-bond acceptors (Lipinski definition) is 6. The molecule has 0 radical (unpaired) electrons. The number of esters is 1. The van der Waals surface area contributed by atoms with Gasteiger partial charge in [-0.2, -0.15) is 0 Å². The number of carbonyl (C=O) groups is 1. The number of rotatable bonds is 11. The Balaban J connectivity index is 3.12. The van der Waals surface area contributed by atoms with Gasteiger partial charge < -0.3 is 14.2 Å². The Morgan fingerprint density at radius 3 is 2.25 bits per heavy atom. The molecule has 0 aliphatic carbocycles. The van der Waals surface area contributed by atoms with Gasteiger partial charge in [-0.15, -0.1) is 23.5 Å². The fraction of sp³-hybridized carbons (Fsp3) is 0.900. The molecule has 0 unspecified atom stereocenters. The molecule has 0 rings (SSSR count). The van der Waals surface area contributed by atoms with Crippen molar-refractivity contribution in [3.63, 3.8) is 0 Å². The summed E-state index contributed by atoms with van der Waals surface area (Å²) in [7, 11) is 0. The van der Waals surface area contributed by atoms with Gasteiger partial charge in [0, 0.05) is 13.0 Å². The van der Waals surface area contributed by atoms with E-state index in [4.69, 9.17) is 14.2 Å². The van der Waals surface area contributed by atoms with Crippen LogP contribution < -0.4 is 0 Å². The average molecular weight is 268 g/mol. The van der Waals surface area contributed by atoms with Gasteiger partial charge in [0.1, 0.15) is 6.61 Å². The lowest BCUT2D eigenvalue weighted by atomic mass is 10.3. The topological polar surface area (TPSA) is 44.8 Å². The van der Waals surface area contributed by atoms with Crippen molar-refractivity contribution in [2.24, 2.45) is 0 Å². The maximum absolute atomic E-state index is 11.2. The quantitative estimate of drug-likeness (QED) is 0.324.